The number of ether oxygens (including phenoxy) is 1. The van der Waals surface area contributed by atoms with Gasteiger partial charge >= 0.3 is 0 Å². The lowest BCUT2D eigenvalue weighted by molar-refractivity contribution is 0.0383. The van der Waals surface area contributed by atoms with E-state index >= 15 is 0 Å². The third-order valence-corrected chi connectivity index (χ3v) is 4.12. The van der Waals surface area contributed by atoms with E-state index in [9.17, 15) is 0 Å². The van der Waals surface area contributed by atoms with Crippen molar-refractivity contribution in [1.82, 2.24) is 14.5 Å². The number of hydrogen-bond donors (Lipinski definition) is 0. The molecule has 0 N–H and O–H groups in total. The first kappa shape index (κ1) is 12.2. The van der Waals surface area contributed by atoms with Crippen LogP contribution in [0.3, 0.4) is 0 Å². The SMILES string of the molecule is CC1CCCn2cc(CCN3CCOCC3)nc21. The second-order valence-electron chi connectivity index (χ2n) is 5.53. The van der Waals surface area contributed by atoms with Crippen molar-refractivity contribution in [3.8, 4) is 0 Å². The van der Waals surface area contributed by atoms with Gasteiger partial charge < -0.3 is 9.30 Å². The Hall–Kier alpha value is -0.870. The summed E-state index contributed by atoms with van der Waals surface area (Å²) in [5, 5.41) is 0. The predicted octanol–water partition coefficient (Wildman–Crippen LogP) is 1.66. The predicted molar refractivity (Wildman–Crippen MR) is 70.8 cm³/mol. The van der Waals surface area contributed by atoms with Crippen LogP contribution in [-0.2, 0) is 17.7 Å². The minimum atomic E-state index is 0.635. The molecule has 0 bridgehead atoms. The lowest BCUT2D eigenvalue weighted by atomic mass is 10.0. The summed E-state index contributed by atoms with van der Waals surface area (Å²) in [7, 11) is 0. The first-order valence-electron chi connectivity index (χ1n) is 7.19. The van der Waals surface area contributed by atoms with E-state index in [0.717, 1.165) is 45.8 Å². The minimum absolute atomic E-state index is 0.635. The average Bonchev–Trinajstić information content (AvgIpc) is 2.82. The molecular weight excluding hydrogens is 226 g/mol. The minimum Gasteiger partial charge on any atom is -0.379 e. The molecule has 2 aliphatic heterocycles. The van der Waals surface area contributed by atoms with Gasteiger partial charge in [-0.25, -0.2) is 4.98 Å². The summed E-state index contributed by atoms with van der Waals surface area (Å²) in [5.74, 6) is 1.94. The van der Waals surface area contributed by atoms with Crippen LogP contribution in [0.15, 0.2) is 6.20 Å². The molecular formula is C14H23N3O. The van der Waals surface area contributed by atoms with Crippen LogP contribution >= 0.6 is 0 Å². The summed E-state index contributed by atoms with van der Waals surface area (Å²) in [5.41, 5.74) is 1.27. The van der Waals surface area contributed by atoms with Crippen LogP contribution in [0.1, 0.15) is 37.2 Å². The number of hydrogen-bond acceptors (Lipinski definition) is 3. The molecule has 0 radical (unpaired) electrons. The Labute approximate surface area is 109 Å². The van der Waals surface area contributed by atoms with Crippen molar-refractivity contribution >= 4 is 0 Å². The van der Waals surface area contributed by atoms with E-state index in [-0.39, 0.29) is 0 Å². The Morgan fingerprint density at radius 1 is 1.33 bits per heavy atom. The van der Waals surface area contributed by atoms with Crippen LogP contribution in [0.4, 0.5) is 0 Å². The third-order valence-electron chi connectivity index (χ3n) is 4.12. The maximum absolute atomic E-state index is 5.37. The highest BCUT2D eigenvalue weighted by atomic mass is 16.5. The third kappa shape index (κ3) is 2.59. The largest absolute Gasteiger partial charge is 0.379 e. The normalized spacial score (nSPS) is 25.1. The van der Waals surface area contributed by atoms with Crippen LogP contribution in [0.5, 0.6) is 0 Å². The van der Waals surface area contributed by atoms with Crippen molar-refractivity contribution in [2.24, 2.45) is 0 Å². The molecule has 100 valence electrons. The Morgan fingerprint density at radius 3 is 2.94 bits per heavy atom. The van der Waals surface area contributed by atoms with Gasteiger partial charge in [0.1, 0.15) is 5.82 Å². The van der Waals surface area contributed by atoms with Gasteiger partial charge in [-0.3, -0.25) is 4.90 Å². The molecule has 1 aromatic heterocycles. The van der Waals surface area contributed by atoms with E-state index in [1.165, 1.54) is 24.4 Å². The molecule has 0 amide bonds. The average molecular weight is 249 g/mol. The van der Waals surface area contributed by atoms with Gasteiger partial charge in [-0.2, -0.15) is 0 Å². The summed E-state index contributed by atoms with van der Waals surface area (Å²) in [4.78, 5) is 7.30. The van der Waals surface area contributed by atoms with Gasteiger partial charge in [-0.05, 0) is 12.8 Å². The van der Waals surface area contributed by atoms with Crippen molar-refractivity contribution < 1.29 is 4.74 Å². The first-order chi connectivity index (χ1) is 8.83. The molecule has 0 aromatic carbocycles. The first-order valence-corrected chi connectivity index (χ1v) is 7.19. The highest BCUT2D eigenvalue weighted by molar-refractivity contribution is 5.10. The Kier molecular flexibility index (Phi) is 3.66. The molecule has 4 heteroatoms. The highest BCUT2D eigenvalue weighted by Crippen LogP contribution is 2.25. The molecule has 0 spiro atoms. The Bertz CT molecular complexity index is 396. The van der Waals surface area contributed by atoms with Crippen molar-refractivity contribution in [3.63, 3.8) is 0 Å². The van der Waals surface area contributed by atoms with Gasteiger partial charge in [0.15, 0.2) is 0 Å². The molecule has 3 heterocycles. The molecule has 1 atom stereocenters. The van der Waals surface area contributed by atoms with Gasteiger partial charge in [0.05, 0.1) is 18.9 Å². The molecule has 2 aliphatic rings. The number of imidazole rings is 1. The second-order valence-corrected chi connectivity index (χ2v) is 5.53. The summed E-state index contributed by atoms with van der Waals surface area (Å²) in [6, 6.07) is 0. The van der Waals surface area contributed by atoms with Gasteiger partial charge in [0.2, 0.25) is 0 Å². The van der Waals surface area contributed by atoms with Crippen LogP contribution in [0.2, 0.25) is 0 Å². The molecule has 1 saturated heterocycles. The zero-order valence-corrected chi connectivity index (χ0v) is 11.3. The molecule has 18 heavy (non-hydrogen) atoms. The Balaban J connectivity index is 1.59. The lowest BCUT2D eigenvalue weighted by Crippen LogP contribution is -2.37. The molecule has 1 fully saturated rings. The monoisotopic (exact) mass is 249 g/mol. The molecule has 0 aliphatic carbocycles. The van der Waals surface area contributed by atoms with Crippen molar-refractivity contribution in [2.45, 2.75) is 38.6 Å². The molecule has 1 aromatic rings. The number of rotatable bonds is 3. The number of nitrogens with zero attached hydrogens (tertiary/aromatic N) is 3. The standard InChI is InChI=1S/C14H23N3O/c1-12-3-2-5-17-11-13(15-14(12)17)4-6-16-7-9-18-10-8-16/h11-12H,2-10H2,1H3. The van der Waals surface area contributed by atoms with Crippen molar-refractivity contribution in [1.29, 1.82) is 0 Å². The number of fused-ring (bicyclic) bond motifs is 1. The topological polar surface area (TPSA) is 30.3 Å². The van der Waals surface area contributed by atoms with E-state index in [1.807, 2.05) is 0 Å². The summed E-state index contributed by atoms with van der Waals surface area (Å²) in [6.45, 7) is 8.49. The number of aromatic nitrogens is 2. The molecule has 1 unspecified atom stereocenters. The quantitative estimate of drug-likeness (QED) is 0.816. The zero-order chi connectivity index (χ0) is 12.4. The van der Waals surface area contributed by atoms with Crippen LogP contribution < -0.4 is 0 Å². The fraction of sp³-hybridized carbons (Fsp3) is 0.786. The maximum Gasteiger partial charge on any atom is 0.111 e. The molecule has 0 saturated carbocycles. The van der Waals surface area contributed by atoms with Gasteiger partial charge in [0, 0.05) is 44.7 Å². The number of aryl methyl sites for hydroxylation is 1. The van der Waals surface area contributed by atoms with E-state index < -0.39 is 0 Å². The van der Waals surface area contributed by atoms with Gasteiger partial charge in [0.25, 0.3) is 0 Å². The summed E-state index contributed by atoms with van der Waals surface area (Å²) < 4.78 is 7.73. The van der Waals surface area contributed by atoms with Crippen LogP contribution in [0.25, 0.3) is 0 Å². The summed E-state index contributed by atoms with van der Waals surface area (Å²) in [6.07, 6.45) is 5.94. The Morgan fingerprint density at radius 2 is 2.17 bits per heavy atom. The highest BCUT2D eigenvalue weighted by Gasteiger charge is 2.19. The maximum atomic E-state index is 5.37. The van der Waals surface area contributed by atoms with Crippen molar-refractivity contribution in [2.75, 3.05) is 32.8 Å². The van der Waals surface area contributed by atoms with Crippen LogP contribution in [-0.4, -0.2) is 47.3 Å². The number of morpholine rings is 1. The van der Waals surface area contributed by atoms with Gasteiger partial charge in [-0.1, -0.05) is 6.92 Å². The second kappa shape index (κ2) is 5.41. The molecule has 4 nitrogen and oxygen atoms in total. The lowest BCUT2D eigenvalue weighted by Gasteiger charge is -2.26. The fourth-order valence-electron chi connectivity index (χ4n) is 2.97. The van der Waals surface area contributed by atoms with E-state index in [2.05, 4.69) is 22.6 Å². The smallest absolute Gasteiger partial charge is 0.111 e. The zero-order valence-electron chi connectivity index (χ0n) is 11.3. The van der Waals surface area contributed by atoms with Crippen LogP contribution in [0, 0.1) is 0 Å². The van der Waals surface area contributed by atoms with E-state index in [1.54, 1.807) is 0 Å². The van der Waals surface area contributed by atoms with Crippen molar-refractivity contribution in [3.05, 3.63) is 17.7 Å². The molecule has 3 rings (SSSR count). The van der Waals surface area contributed by atoms with E-state index in [4.69, 9.17) is 9.72 Å². The fourth-order valence-corrected chi connectivity index (χ4v) is 2.97. The van der Waals surface area contributed by atoms with Gasteiger partial charge in [-0.15, -0.1) is 0 Å². The summed E-state index contributed by atoms with van der Waals surface area (Å²) >= 11 is 0. The van der Waals surface area contributed by atoms with E-state index in [0.29, 0.717) is 5.92 Å².